The summed E-state index contributed by atoms with van der Waals surface area (Å²) in [5.41, 5.74) is 0.353. The Morgan fingerprint density at radius 1 is 1.38 bits per heavy atom. The molecule has 0 radical (unpaired) electrons. The summed E-state index contributed by atoms with van der Waals surface area (Å²) in [5, 5.41) is 12.1. The van der Waals surface area contributed by atoms with Crippen molar-refractivity contribution in [1.82, 2.24) is 5.32 Å². The fourth-order valence-electron chi connectivity index (χ4n) is 2.38. The van der Waals surface area contributed by atoms with Gasteiger partial charge < -0.3 is 10.1 Å². The highest BCUT2D eigenvalue weighted by Crippen LogP contribution is 2.38. The number of nitrogens with one attached hydrogen (secondary N) is 1. The highest BCUT2D eigenvalue weighted by molar-refractivity contribution is 4.94. The minimum atomic E-state index is -0.236. The Kier molecular flexibility index (Phi) is 2.52. The van der Waals surface area contributed by atoms with Crippen LogP contribution in [0.25, 0.3) is 0 Å². The van der Waals surface area contributed by atoms with Gasteiger partial charge in [0.1, 0.15) is 0 Å². The van der Waals surface area contributed by atoms with Crippen molar-refractivity contribution in [2.75, 3.05) is 19.7 Å². The maximum Gasteiger partial charge on any atom is 0.156 e. The summed E-state index contributed by atoms with van der Waals surface area (Å²) in [5.74, 6) is 0. The molecule has 0 bridgehead atoms. The molecule has 1 unspecified atom stereocenters. The van der Waals surface area contributed by atoms with Gasteiger partial charge in [-0.25, -0.2) is 0 Å². The molecular formula is C10H16N2O. The third kappa shape index (κ3) is 1.84. The van der Waals surface area contributed by atoms with Crippen molar-refractivity contribution in [2.24, 2.45) is 5.41 Å². The fraction of sp³-hybridized carbons (Fsp3) is 0.900. The van der Waals surface area contributed by atoms with Crippen LogP contribution in [0.4, 0.5) is 0 Å². The first-order valence-electron chi connectivity index (χ1n) is 5.07. The number of ether oxygens (including phenoxy) is 1. The van der Waals surface area contributed by atoms with Crippen LogP contribution in [-0.4, -0.2) is 25.8 Å². The third-order valence-corrected chi connectivity index (χ3v) is 3.23. The van der Waals surface area contributed by atoms with E-state index in [0.29, 0.717) is 12.0 Å². The van der Waals surface area contributed by atoms with Crippen LogP contribution in [-0.2, 0) is 4.74 Å². The van der Waals surface area contributed by atoms with Crippen molar-refractivity contribution in [3.8, 4) is 6.07 Å². The molecular weight excluding hydrogens is 164 g/mol. The van der Waals surface area contributed by atoms with E-state index in [4.69, 9.17) is 10.00 Å². The lowest BCUT2D eigenvalue weighted by molar-refractivity contribution is 0.0427. The summed E-state index contributed by atoms with van der Waals surface area (Å²) in [6, 6.07) is 2.17. The Balaban J connectivity index is 1.97. The topological polar surface area (TPSA) is 45.0 Å². The van der Waals surface area contributed by atoms with Crippen molar-refractivity contribution in [3.05, 3.63) is 0 Å². The number of rotatable bonds is 0. The summed E-state index contributed by atoms with van der Waals surface area (Å²) in [6.45, 7) is 2.50. The van der Waals surface area contributed by atoms with Crippen molar-refractivity contribution in [3.63, 3.8) is 0 Å². The van der Waals surface area contributed by atoms with Crippen LogP contribution >= 0.6 is 0 Å². The maximum atomic E-state index is 8.73. The quantitative estimate of drug-likeness (QED) is 0.606. The van der Waals surface area contributed by atoms with Crippen LogP contribution < -0.4 is 5.32 Å². The summed E-state index contributed by atoms with van der Waals surface area (Å²) in [6.07, 6.45) is 4.93. The lowest BCUT2D eigenvalue weighted by Crippen LogP contribution is -2.32. The molecule has 2 aliphatic rings. The second-order valence-electron chi connectivity index (χ2n) is 4.27. The van der Waals surface area contributed by atoms with Gasteiger partial charge in [0.05, 0.1) is 12.7 Å². The largest absolute Gasteiger partial charge is 0.361 e. The zero-order chi connectivity index (χ0) is 9.15. The van der Waals surface area contributed by atoms with E-state index in [2.05, 4.69) is 11.4 Å². The monoisotopic (exact) mass is 180 g/mol. The molecule has 3 nitrogen and oxygen atoms in total. The van der Waals surface area contributed by atoms with E-state index >= 15 is 0 Å². The third-order valence-electron chi connectivity index (χ3n) is 3.23. The molecule has 2 rings (SSSR count). The van der Waals surface area contributed by atoms with Gasteiger partial charge in [-0.05, 0) is 12.8 Å². The summed E-state index contributed by atoms with van der Waals surface area (Å²) < 4.78 is 5.57. The predicted molar refractivity (Wildman–Crippen MR) is 49.1 cm³/mol. The summed E-state index contributed by atoms with van der Waals surface area (Å²) >= 11 is 0. The van der Waals surface area contributed by atoms with Crippen LogP contribution in [0.1, 0.15) is 25.7 Å². The molecule has 2 fully saturated rings. The van der Waals surface area contributed by atoms with Crippen molar-refractivity contribution in [2.45, 2.75) is 31.8 Å². The SMILES string of the molecule is N#CC1CNCC2(CCCC2)CO1. The lowest BCUT2D eigenvalue weighted by atomic mass is 9.87. The van der Waals surface area contributed by atoms with Gasteiger partial charge in [-0.2, -0.15) is 5.26 Å². The van der Waals surface area contributed by atoms with Gasteiger partial charge in [-0.15, -0.1) is 0 Å². The van der Waals surface area contributed by atoms with E-state index in [1.54, 1.807) is 0 Å². The fourth-order valence-corrected chi connectivity index (χ4v) is 2.38. The molecule has 0 amide bonds. The van der Waals surface area contributed by atoms with E-state index in [0.717, 1.165) is 13.2 Å². The Morgan fingerprint density at radius 3 is 2.85 bits per heavy atom. The second-order valence-corrected chi connectivity index (χ2v) is 4.27. The second kappa shape index (κ2) is 3.65. The Bertz CT molecular complexity index is 215. The van der Waals surface area contributed by atoms with Crippen LogP contribution in [0, 0.1) is 16.7 Å². The first-order valence-corrected chi connectivity index (χ1v) is 5.07. The Morgan fingerprint density at radius 2 is 2.15 bits per heavy atom. The number of nitriles is 1. The van der Waals surface area contributed by atoms with Gasteiger partial charge in [0.25, 0.3) is 0 Å². The summed E-state index contributed by atoms with van der Waals surface area (Å²) in [4.78, 5) is 0. The van der Waals surface area contributed by atoms with Gasteiger partial charge in [-0.1, -0.05) is 12.8 Å². The molecule has 72 valence electrons. The minimum Gasteiger partial charge on any atom is -0.361 e. The van der Waals surface area contributed by atoms with E-state index in [-0.39, 0.29) is 6.10 Å². The maximum absolute atomic E-state index is 8.73. The molecule has 0 aromatic heterocycles. The highest BCUT2D eigenvalue weighted by Gasteiger charge is 2.36. The average molecular weight is 180 g/mol. The van der Waals surface area contributed by atoms with Gasteiger partial charge >= 0.3 is 0 Å². The smallest absolute Gasteiger partial charge is 0.156 e. The number of hydrogen-bond donors (Lipinski definition) is 1. The van der Waals surface area contributed by atoms with Crippen molar-refractivity contribution in [1.29, 1.82) is 5.26 Å². The van der Waals surface area contributed by atoms with E-state index in [1.807, 2.05) is 0 Å². The standard InChI is InChI=1S/C10H16N2O/c11-5-9-6-12-7-10(8-13-9)3-1-2-4-10/h9,12H,1-4,6-8H2. The van der Waals surface area contributed by atoms with Gasteiger partial charge in [0.2, 0.25) is 0 Å². The zero-order valence-corrected chi connectivity index (χ0v) is 7.88. The van der Waals surface area contributed by atoms with Gasteiger partial charge in [0, 0.05) is 18.5 Å². The number of hydrogen-bond acceptors (Lipinski definition) is 3. The van der Waals surface area contributed by atoms with Gasteiger partial charge in [-0.3, -0.25) is 0 Å². The Hall–Kier alpha value is -0.590. The molecule has 1 saturated heterocycles. The minimum absolute atomic E-state index is 0.236. The molecule has 1 atom stereocenters. The molecule has 1 N–H and O–H groups in total. The van der Waals surface area contributed by atoms with E-state index in [1.165, 1.54) is 25.7 Å². The molecule has 0 aromatic carbocycles. The van der Waals surface area contributed by atoms with Crippen LogP contribution in [0.15, 0.2) is 0 Å². The van der Waals surface area contributed by atoms with Crippen LogP contribution in [0.3, 0.4) is 0 Å². The molecule has 1 aliphatic carbocycles. The normalized spacial score (nSPS) is 32.7. The summed E-state index contributed by atoms with van der Waals surface area (Å²) in [7, 11) is 0. The van der Waals surface area contributed by atoms with E-state index < -0.39 is 0 Å². The molecule has 1 heterocycles. The molecule has 3 heteroatoms. The van der Waals surface area contributed by atoms with Crippen molar-refractivity contribution < 1.29 is 4.74 Å². The van der Waals surface area contributed by atoms with E-state index in [9.17, 15) is 0 Å². The van der Waals surface area contributed by atoms with Crippen LogP contribution in [0.5, 0.6) is 0 Å². The zero-order valence-electron chi connectivity index (χ0n) is 7.88. The van der Waals surface area contributed by atoms with Gasteiger partial charge in [0.15, 0.2) is 6.10 Å². The van der Waals surface area contributed by atoms with Crippen LogP contribution in [0.2, 0.25) is 0 Å². The lowest BCUT2D eigenvalue weighted by Gasteiger charge is -2.25. The first kappa shape index (κ1) is 8.98. The molecule has 1 saturated carbocycles. The average Bonchev–Trinajstić information content (AvgIpc) is 2.49. The predicted octanol–water partition coefficient (Wildman–Crippen LogP) is 1.06. The molecule has 1 spiro atoms. The van der Waals surface area contributed by atoms with Crippen molar-refractivity contribution >= 4 is 0 Å². The molecule has 13 heavy (non-hydrogen) atoms. The Labute approximate surface area is 79.1 Å². The first-order chi connectivity index (χ1) is 6.35. The number of nitrogens with zero attached hydrogens (tertiary/aromatic N) is 1. The highest BCUT2D eigenvalue weighted by atomic mass is 16.5. The molecule has 0 aromatic rings. The molecule has 1 aliphatic heterocycles.